The lowest BCUT2D eigenvalue weighted by atomic mass is 10.2. The monoisotopic (exact) mass is 276 g/mol. The number of rotatable bonds is 1. The van der Waals surface area contributed by atoms with Gasteiger partial charge in [0.1, 0.15) is 19.3 Å². The fourth-order valence-corrected chi connectivity index (χ4v) is 2.39. The highest BCUT2D eigenvalue weighted by atomic mass is 16.6. The van der Waals surface area contributed by atoms with Crippen LogP contribution in [0.25, 0.3) is 0 Å². The van der Waals surface area contributed by atoms with Crippen molar-refractivity contribution in [3.8, 4) is 11.5 Å². The molecule has 1 aromatic carbocycles. The fraction of sp³-hybridized carbons (Fsp3) is 0.429. The first-order valence-electron chi connectivity index (χ1n) is 6.65. The maximum Gasteiger partial charge on any atom is 0.249 e. The summed E-state index contributed by atoms with van der Waals surface area (Å²) in [5.41, 5.74) is 0.725. The zero-order valence-electron chi connectivity index (χ0n) is 11.2. The van der Waals surface area contributed by atoms with Gasteiger partial charge in [-0.15, -0.1) is 0 Å². The van der Waals surface area contributed by atoms with E-state index in [1.807, 2.05) is 6.07 Å². The standard InChI is InChI=1S/C14H16N2O4/c1-9-14(18)16(5-4-13(17)15-9)10-2-3-11-12(8-10)20-7-6-19-11/h2-3,8-9H,4-7H2,1H3,(H,15,17). The van der Waals surface area contributed by atoms with E-state index in [0.29, 0.717) is 37.7 Å². The molecule has 1 atom stereocenters. The molecule has 0 aliphatic carbocycles. The molecule has 106 valence electrons. The van der Waals surface area contributed by atoms with Gasteiger partial charge in [0.25, 0.3) is 0 Å². The molecule has 6 heteroatoms. The molecular weight excluding hydrogens is 260 g/mol. The van der Waals surface area contributed by atoms with Crippen LogP contribution in [0.3, 0.4) is 0 Å². The van der Waals surface area contributed by atoms with Crippen molar-refractivity contribution in [3.05, 3.63) is 18.2 Å². The van der Waals surface area contributed by atoms with E-state index in [4.69, 9.17) is 9.47 Å². The topological polar surface area (TPSA) is 67.9 Å². The largest absolute Gasteiger partial charge is 0.486 e. The molecule has 2 amide bonds. The van der Waals surface area contributed by atoms with Gasteiger partial charge in [-0.05, 0) is 19.1 Å². The summed E-state index contributed by atoms with van der Waals surface area (Å²) in [4.78, 5) is 25.4. The van der Waals surface area contributed by atoms with Crippen LogP contribution >= 0.6 is 0 Å². The number of carbonyl (C=O) groups is 2. The maximum atomic E-state index is 12.3. The third kappa shape index (κ3) is 2.29. The first kappa shape index (κ1) is 12.8. The summed E-state index contributed by atoms with van der Waals surface area (Å²) in [6, 6.07) is 4.88. The summed E-state index contributed by atoms with van der Waals surface area (Å²) in [6.07, 6.45) is 0.296. The molecule has 0 aromatic heterocycles. The lowest BCUT2D eigenvalue weighted by molar-refractivity contribution is -0.125. The molecule has 0 radical (unpaired) electrons. The molecular formula is C14H16N2O4. The Morgan fingerprint density at radius 2 is 1.95 bits per heavy atom. The van der Waals surface area contributed by atoms with Crippen LogP contribution in [0.15, 0.2) is 18.2 Å². The lowest BCUT2D eigenvalue weighted by Crippen LogP contribution is -2.42. The number of nitrogens with zero attached hydrogens (tertiary/aromatic N) is 1. The van der Waals surface area contributed by atoms with E-state index in [9.17, 15) is 9.59 Å². The quantitative estimate of drug-likeness (QED) is 0.820. The van der Waals surface area contributed by atoms with Crippen molar-refractivity contribution in [2.75, 3.05) is 24.7 Å². The number of anilines is 1. The summed E-state index contributed by atoms with van der Waals surface area (Å²) in [7, 11) is 0. The molecule has 1 N–H and O–H groups in total. The summed E-state index contributed by atoms with van der Waals surface area (Å²) < 4.78 is 11.0. The van der Waals surface area contributed by atoms with Crippen molar-refractivity contribution >= 4 is 17.5 Å². The van der Waals surface area contributed by atoms with Gasteiger partial charge < -0.3 is 19.7 Å². The van der Waals surface area contributed by atoms with Gasteiger partial charge in [0, 0.05) is 24.7 Å². The smallest absolute Gasteiger partial charge is 0.249 e. The second-order valence-electron chi connectivity index (χ2n) is 4.86. The molecule has 0 bridgehead atoms. The number of nitrogens with one attached hydrogen (secondary N) is 1. The Bertz CT molecular complexity index is 558. The molecule has 2 heterocycles. The number of fused-ring (bicyclic) bond motifs is 1. The van der Waals surface area contributed by atoms with Gasteiger partial charge >= 0.3 is 0 Å². The molecule has 1 unspecified atom stereocenters. The minimum Gasteiger partial charge on any atom is -0.486 e. The van der Waals surface area contributed by atoms with Gasteiger partial charge in [-0.25, -0.2) is 0 Å². The molecule has 6 nitrogen and oxygen atoms in total. The van der Waals surface area contributed by atoms with Crippen molar-refractivity contribution in [2.45, 2.75) is 19.4 Å². The summed E-state index contributed by atoms with van der Waals surface area (Å²) >= 11 is 0. The Kier molecular flexibility index (Phi) is 3.22. The number of carbonyl (C=O) groups excluding carboxylic acids is 2. The Labute approximate surface area is 116 Å². The predicted octanol–water partition coefficient (Wildman–Crippen LogP) is 0.699. The van der Waals surface area contributed by atoms with Crippen LogP contribution in [0, 0.1) is 0 Å². The maximum absolute atomic E-state index is 12.3. The molecule has 1 saturated heterocycles. The SMILES string of the molecule is CC1NC(=O)CCN(c2ccc3c(c2)OCCO3)C1=O. The summed E-state index contributed by atoms with van der Waals surface area (Å²) in [5, 5.41) is 2.67. The van der Waals surface area contributed by atoms with E-state index < -0.39 is 6.04 Å². The van der Waals surface area contributed by atoms with Crippen molar-refractivity contribution < 1.29 is 19.1 Å². The lowest BCUT2D eigenvalue weighted by Gasteiger charge is -2.25. The zero-order valence-corrected chi connectivity index (χ0v) is 11.2. The third-order valence-corrected chi connectivity index (χ3v) is 3.41. The van der Waals surface area contributed by atoms with Crippen molar-refractivity contribution in [1.29, 1.82) is 0 Å². The first-order chi connectivity index (χ1) is 9.65. The second-order valence-corrected chi connectivity index (χ2v) is 4.86. The molecule has 0 spiro atoms. The average molecular weight is 276 g/mol. The Balaban J connectivity index is 1.91. The van der Waals surface area contributed by atoms with E-state index in [1.165, 1.54) is 0 Å². The van der Waals surface area contributed by atoms with Crippen LogP contribution in [-0.2, 0) is 9.59 Å². The number of hydrogen-bond acceptors (Lipinski definition) is 4. The molecule has 1 fully saturated rings. The van der Waals surface area contributed by atoms with Gasteiger partial charge in [0.05, 0.1) is 0 Å². The Morgan fingerprint density at radius 1 is 1.20 bits per heavy atom. The van der Waals surface area contributed by atoms with Crippen LogP contribution in [0.2, 0.25) is 0 Å². The van der Waals surface area contributed by atoms with Crippen LogP contribution in [0.5, 0.6) is 11.5 Å². The second kappa shape index (κ2) is 5.03. The van der Waals surface area contributed by atoms with Crippen LogP contribution in [-0.4, -0.2) is 37.6 Å². The van der Waals surface area contributed by atoms with Crippen LogP contribution < -0.4 is 19.7 Å². The van der Waals surface area contributed by atoms with Crippen LogP contribution in [0.4, 0.5) is 5.69 Å². The Morgan fingerprint density at radius 3 is 2.75 bits per heavy atom. The zero-order chi connectivity index (χ0) is 14.1. The van der Waals surface area contributed by atoms with E-state index in [1.54, 1.807) is 24.0 Å². The van der Waals surface area contributed by atoms with Crippen molar-refractivity contribution in [2.24, 2.45) is 0 Å². The molecule has 2 aliphatic rings. The molecule has 0 saturated carbocycles. The average Bonchev–Trinajstić information content (AvgIpc) is 2.58. The first-order valence-corrected chi connectivity index (χ1v) is 6.65. The van der Waals surface area contributed by atoms with E-state index in [0.717, 1.165) is 5.69 Å². The van der Waals surface area contributed by atoms with E-state index in [-0.39, 0.29) is 11.8 Å². The van der Waals surface area contributed by atoms with Gasteiger partial charge in [0.2, 0.25) is 11.8 Å². The third-order valence-electron chi connectivity index (χ3n) is 3.41. The summed E-state index contributed by atoms with van der Waals surface area (Å²) in [6.45, 7) is 3.09. The molecule has 1 aromatic rings. The van der Waals surface area contributed by atoms with E-state index >= 15 is 0 Å². The van der Waals surface area contributed by atoms with Gasteiger partial charge in [-0.2, -0.15) is 0 Å². The van der Waals surface area contributed by atoms with Crippen LogP contribution in [0.1, 0.15) is 13.3 Å². The number of amides is 2. The Hall–Kier alpha value is -2.24. The van der Waals surface area contributed by atoms with Gasteiger partial charge in [0.15, 0.2) is 11.5 Å². The predicted molar refractivity (Wildman–Crippen MR) is 72.0 cm³/mol. The minimum absolute atomic E-state index is 0.106. The number of benzene rings is 1. The highest BCUT2D eigenvalue weighted by molar-refractivity contribution is 6.01. The molecule has 2 aliphatic heterocycles. The van der Waals surface area contributed by atoms with E-state index in [2.05, 4.69) is 5.32 Å². The highest BCUT2D eigenvalue weighted by Crippen LogP contribution is 2.34. The molecule has 3 rings (SSSR count). The minimum atomic E-state index is -0.516. The van der Waals surface area contributed by atoms with Crippen molar-refractivity contribution in [1.82, 2.24) is 5.32 Å². The highest BCUT2D eigenvalue weighted by Gasteiger charge is 2.28. The van der Waals surface area contributed by atoms with Crippen molar-refractivity contribution in [3.63, 3.8) is 0 Å². The van der Waals surface area contributed by atoms with Gasteiger partial charge in [-0.1, -0.05) is 0 Å². The summed E-state index contributed by atoms with van der Waals surface area (Å²) in [5.74, 6) is 1.10. The van der Waals surface area contributed by atoms with Gasteiger partial charge in [-0.3, -0.25) is 9.59 Å². The normalized spacial score (nSPS) is 22.2. The number of ether oxygens (including phenoxy) is 2. The molecule has 20 heavy (non-hydrogen) atoms. The number of hydrogen-bond donors (Lipinski definition) is 1. The fourth-order valence-electron chi connectivity index (χ4n) is 2.39.